The van der Waals surface area contributed by atoms with Gasteiger partial charge in [-0.3, -0.25) is 4.98 Å². The third-order valence-electron chi connectivity index (χ3n) is 3.65. The van der Waals surface area contributed by atoms with Crippen molar-refractivity contribution in [3.63, 3.8) is 0 Å². The molecule has 1 atom stereocenters. The minimum atomic E-state index is -0.469. The van der Waals surface area contributed by atoms with Crippen molar-refractivity contribution in [2.24, 2.45) is 0 Å². The Bertz CT molecular complexity index is 687. The third kappa shape index (κ3) is 2.51. The highest BCUT2D eigenvalue weighted by atomic mass is 16.5. The molecule has 2 heterocycles. The second kappa shape index (κ2) is 4.56. The maximum absolute atomic E-state index is 11.2. The number of benzene rings is 1. The van der Waals surface area contributed by atoms with Gasteiger partial charge in [0.25, 0.3) is 0 Å². The number of oxazole rings is 1. The number of nitrogens with two attached hydrogens (primary N) is 1. The SMILES string of the molecule is CC1(C)CC(Nc2cc3[nH]c(=O)oc3cc2N)CCO1. The normalized spacial score (nSPS) is 22.0. The number of hydrogen-bond acceptors (Lipinski definition) is 5. The molecule has 0 spiro atoms. The Morgan fingerprint density at radius 2 is 2.25 bits per heavy atom. The zero-order valence-electron chi connectivity index (χ0n) is 11.7. The van der Waals surface area contributed by atoms with Crippen molar-refractivity contribution in [3.8, 4) is 0 Å². The molecule has 0 radical (unpaired) electrons. The fourth-order valence-corrected chi connectivity index (χ4v) is 2.71. The van der Waals surface area contributed by atoms with Crippen molar-refractivity contribution >= 4 is 22.5 Å². The van der Waals surface area contributed by atoms with E-state index in [0.717, 1.165) is 25.1 Å². The topological polar surface area (TPSA) is 93.3 Å². The van der Waals surface area contributed by atoms with E-state index in [2.05, 4.69) is 24.1 Å². The van der Waals surface area contributed by atoms with Crippen molar-refractivity contribution in [3.05, 3.63) is 22.7 Å². The van der Waals surface area contributed by atoms with Gasteiger partial charge in [0.2, 0.25) is 0 Å². The average molecular weight is 277 g/mol. The van der Waals surface area contributed by atoms with Crippen molar-refractivity contribution in [1.82, 2.24) is 4.98 Å². The van der Waals surface area contributed by atoms with Crippen LogP contribution >= 0.6 is 0 Å². The molecule has 0 bridgehead atoms. The quantitative estimate of drug-likeness (QED) is 0.731. The molecule has 0 amide bonds. The van der Waals surface area contributed by atoms with Crippen LogP contribution in [-0.4, -0.2) is 23.2 Å². The molecule has 20 heavy (non-hydrogen) atoms. The summed E-state index contributed by atoms with van der Waals surface area (Å²) in [5.41, 5.74) is 8.40. The number of H-pyrrole nitrogens is 1. The smallest absolute Gasteiger partial charge is 0.408 e. The summed E-state index contributed by atoms with van der Waals surface area (Å²) >= 11 is 0. The summed E-state index contributed by atoms with van der Waals surface area (Å²) in [6.07, 6.45) is 1.84. The molecule has 0 saturated carbocycles. The van der Waals surface area contributed by atoms with Crippen molar-refractivity contribution < 1.29 is 9.15 Å². The standard InChI is InChI=1S/C14H19N3O3/c1-14(2)7-8(3-4-19-14)16-10-6-11-12(5-9(10)15)20-13(18)17-11/h5-6,8,16H,3-4,7,15H2,1-2H3,(H,17,18). The molecule has 1 aromatic heterocycles. The maximum atomic E-state index is 11.2. The number of aromatic nitrogens is 1. The molecule has 6 heteroatoms. The Morgan fingerprint density at radius 3 is 3.00 bits per heavy atom. The molecule has 1 fully saturated rings. The molecule has 1 aliphatic heterocycles. The van der Waals surface area contributed by atoms with Gasteiger partial charge in [-0.2, -0.15) is 0 Å². The lowest BCUT2D eigenvalue weighted by atomic mass is 9.93. The number of fused-ring (bicyclic) bond motifs is 1. The highest BCUT2D eigenvalue weighted by Crippen LogP contribution is 2.30. The van der Waals surface area contributed by atoms with Crippen molar-refractivity contribution in [1.29, 1.82) is 0 Å². The number of hydrogen-bond donors (Lipinski definition) is 3. The van der Waals surface area contributed by atoms with Crippen LogP contribution in [0.4, 0.5) is 11.4 Å². The van der Waals surface area contributed by atoms with Crippen LogP contribution in [0.3, 0.4) is 0 Å². The van der Waals surface area contributed by atoms with Gasteiger partial charge in [0, 0.05) is 18.7 Å². The number of rotatable bonds is 2. The summed E-state index contributed by atoms with van der Waals surface area (Å²) in [6, 6.07) is 3.79. The van der Waals surface area contributed by atoms with Gasteiger partial charge in [0.05, 0.1) is 22.5 Å². The molecular formula is C14H19N3O3. The molecule has 1 aromatic carbocycles. The summed E-state index contributed by atoms with van der Waals surface area (Å²) in [6.45, 7) is 4.90. The predicted molar refractivity (Wildman–Crippen MR) is 77.9 cm³/mol. The lowest BCUT2D eigenvalue weighted by Crippen LogP contribution is -2.40. The minimum absolute atomic E-state index is 0.126. The summed E-state index contributed by atoms with van der Waals surface area (Å²) in [7, 11) is 0. The Labute approximate surface area is 116 Å². The zero-order valence-corrected chi connectivity index (χ0v) is 11.7. The molecule has 6 nitrogen and oxygen atoms in total. The number of anilines is 2. The van der Waals surface area contributed by atoms with E-state index in [1.165, 1.54) is 0 Å². The Morgan fingerprint density at radius 1 is 1.45 bits per heavy atom. The van der Waals surface area contributed by atoms with Crippen LogP contribution in [0.1, 0.15) is 26.7 Å². The fraction of sp³-hybridized carbons (Fsp3) is 0.500. The van der Waals surface area contributed by atoms with Gasteiger partial charge in [0.15, 0.2) is 5.58 Å². The van der Waals surface area contributed by atoms with Crippen molar-refractivity contribution in [2.75, 3.05) is 17.7 Å². The van der Waals surface area contributed by atoms with Gasteiger partial charge in [0.1, 0.15) is 0 Å². The van der Waals surface area contributed by atoms with E-state index in [-0.39, 0.29) is 5.60 Å². The van der Waals surface area contributed by atoms with Crippen LogP contribution in [0.5, 0.6) is 0 Å². The molecule has 3 rings (SSSR count). The molecule has 1 unspecified atom stereocenters. The second-order valence-corrected chi connectivity index (χ2v) is 5.89. The molecule has 1 aliphatic rings. The van der Waals surface area contributed by atoms with Crippen LogP contribution in [0.25, 0.3) is 11.1 Å². The van der Waals surface area contributed by atoms with Crippen LogP contribution in [-0.2, 0) is 4.74 Å². The first-order valence-electron chi connectivity index (χ1n) is 6.76. The van der Waals surface area contributed by atoms with E-state index in [1.54, 1.807) is 6.07 Å². The average Bonchev–Trinajstić information content (AvgIpc) is 2.67. The molecule has 4 N–H and O–H groups in total. The van der Waals surface area contributed by atoms with E-state index < -0.39 is 5.76 Å². The van der Waals surface area contributed by atoms with Gasteiger partial charge in [-0.15, -0.1) is 0 Å². The van der Waals surface area contributed by atoms with Crippen LogP contribution in [0, 0.1) is 0 Å². The highest BCUT2D eigenvalue weighted by molar-refractivity contribution is 5.85. The lowest BCUT2D eigenvalue weighted by molar-refractivity contribution is -0.0553. The zero-order chi connectivity index (χ0) is 14.3. The molecule has 108 valence electrons. The highest BCUT2D eigenvalue weighted by Gasteiger charge is 2.29. The lowest BCUT2D eigenvalue weighted by Gasteiger charge is -2.36. The molecule has 0 aliphatic carbocycles. The Hall–Kier alpha value is -1.95. The molecule has 1 saturated heterocycles. The van der Waals surface area contributed by atoms with Gasteiger partial charge in [-0.1, -0.05) is 0 Å². The summed E-state index contributed by atoms with van der Waals surface area (Å²) in [4.78, 5) is 13.8. The number of nitrogens with one attached hydrogen (secondary N) is 2. The maximum Gasteiger partial charge on any atom is 0.417 e. The van der Waals surface area contributed by atoms with Gasteiger partial charge in [-0.05, 0) is 32.8 Å². The first-order chi connectivity index (χ1) is 9.43. The fourth-order valence-electron chi connectivity index (χ4n) is 2.71. The van der Waals surface area contributed by atoms with E-state index in [0.29, 0.717) is 22.8 Å². The Balaban J connectivity index is 1.86. The van der Waals surface area contributed by atoms with E-state index in [1.807, 2.05) is 6.07 Å². The van der Waals surface area contributed by atoms with Crippen LogP contribution in [0.15, 0.2) is 21.3 Å². The monoisotopic (exact) mass is 277 g/mol. The van der Waals surface area contributed by atoms with Crippen LogP contribution < -0.4 is 16.8 Å². The Kier molecular flexibility index (Phi) is 2.97. The van der Waals surface area contributed by atoms with E-state index >= 15 is 0 Å². The number of nitrogen functional groups attached to an aromatic ring is 1. The minimum Gasteiger partial charge on any atom is -0.408 e. The van der Waals surface area contributed by atoms with Gasteiger partial charge in [-0.25, -0.2) is 4.79 Å². The molecule has 2 aromatic rings. The first kappa shape index (κ1) is 13.1. The van der Waals surface area contributed by atoms with Crippen LogP contribution in [0.2, 0.25) is 0 Å². The third-order valence-corrected chi connectivity index (χ3v) is 3.65. The molecular weight excluding hydrogens is 258 g/mol. The van der Waals surface area contributed by atoms with E-state index in [9.17, 15) is 4.79 Å². The largest absolute Gasteiger partial charge is 0.417 e. The summed E-state index contributed by atoms with van der Waals surface area (Å²) < 4.78 is 10.7. The van der Waals surface area contributed by atoms with E-state index in [4.69, 9.17) is 14.9 Å². The van der Waals surface area contributed by atoms with Gasteiger partial charge >= 0.3 is 5.76 Å². The number of ether oxygens (including phenoxy) is 1. The van der Waals surface area contributed by atoms with Crippen molar-refractivity contribution in [2.45, 2.75) is 38.3 Å². The van der Waals surface area contributed by atoms with Gasteiger partial charge < -0.3 is 20.2 Å². The summed E-state index contributed by atoms with van der Waals surface area (Å²) in [5.74, 6) is -0.469. The second-order valence-electron chi connectivity index (χ2n) is 5.89. The summed E-state index contributed by atoms with van der Waals surface area (Å²) in [5, 5.41) is 3.44. The number of aromatic amines is 1. The first-order valence-corrected chi connectivity index (χ1v) is 6.76. The predicted octanol–water partition coefficient (Wildman–Crippen LogP) is 2.07.